The number of phosphoric acid groups is 2. The number of amides is 2. The highest BCUT2D eigenvalue weighted by molar-refractivity contribution is 7.48. The minimum Gasteiger partial charge on any atom is -0.367 e. The number of imidazole rings is 2. The Labute approximate surface area is 353 Å². The summed E-state index contributed by atoms with van der Waals surface area (Å²) in [6, 6.07) is 8.38. The van der Waals surface area contributed by atoms with Gasteiger partial charge in [-0.05, 0) is 12.1 Å². The summed E-state index contributed by atoms with van der Waals surface area (Å²) < 4.78 is 94.1. The normalized spacial score (nSPS) is 31.8. The van der Waals surface area contributed by atoms with Gasteiger partial charge in [0.05, 0.1) is 32.5 Å². The molecule has 2 amide bonds. The molecule has 9 rings (SSSR count). The molecular weight excluding hydrogens is 879 g/mol. The zero-order valence-corrected chi connectivity index (χ0v) is 34.7. The van der Waals surface area contributed by atoms with Crippen LogP contribution in [0.2, 0.25) is 0 Å². The molecule has 25 nitrogen and oxygen atoms in total. The van der Waals surface area contributed by atoms with Crippen molar-refractivity contribution in [1.29, 1.82) is 0 Å². The number of nitrogens with one attached hydrogen (secondary N) is 3. The van der Waals surface area contributed by atoms with Gasteiger partial charge in [-0.3, -0.25) is 56.4 Å². The number of carbonyl (C=O) groups is 2. The first-order valence-corrected chi connectivity index (χ1v) is 22.1. The molecule has 4 aliphatic heterocycles. The monoisotopic (exact) mass is 915 g/mol. The highest BCUT2D eigenvalue weighted by atomic mass is 31.2. The zero-order chi connectivity index (χ0) is 44.3. The molecule has 4 aliphatic rings. The number of hydrogen-bond donors (Lipinski definition) is 4. The van der Waals surface area contributed by atoms with Crippen LogP contribution in [0, 0.1) is 12.5 Å². The van der Waals surface area contributed by atoms with Gasteiger partial charge in [0.1, 0.15) is 43.0 Å². The standard InChI is InChI=1S/C35H36FN11O14P2/c1-17(2)29(48)44-34-43-28-22(31(50)45-34)41-16-47(28)32-23-20(36)19(58-32)11-56-63(53,55-10-9-37-3)61-25-24-33(59-35(25,12-54-24)13-57-62(51,52)60-23)46-15-40-21-26(38-14-39-27(21)46)42-30(49)18-7-5-4-6-8-18/h4-8,14-17,19-20,23-25,32-33H,9-13H2,1-2H3,(H,51,52)(H,38,39,42,49)(H2,43,44,45,48,50)/t19-,20-,23-,24-,25+,32-,33-,35-,63?/m1/s1. The van der Waals surface area contributed by atoms with Crippen LogP contribution in [0.25, 0.3) is 27.2 Å². The number of alkyl halides is 1. The van der Waals surface area contributed by atoms with E-state index in [1.807, 2.05) is 0 Å². The lowest BCUT2D eigenvalue weighted by molar-refractivity contribution is -0.184. The van der Waals surface area contributed by atoms with Gasteiger partial charge < -0.3 is 29.3 Å². The maximum absolute atomic E-state index is 16.5. The maximum atomic E-state index is 16.5. The second-order valence-electron chi connectivity index (χ2n) is 14.9. The Morgan fingerprint density at radius 3 is 2.56 bits per heavy atom. The van der Waals surface area contributed by atoms with Gasteiger partial charge >= 0.3 is 15.6 Å². The number of aromatic amines is 1. The fourth-order valence-corrected chi connectivity index (χ4v) is 9.74. The third kappa shape index (κ3) is 8.06. The van der Waals surface area contributed by atoms with Gasteiger partial charge in [-0.2, -0.15) is 4.98 Å². The molecule has 4 saturated heterocycles. The van der Waals surface area contributed by atoms with Crippen molar-refractivity contribution >= 4 is 61.6 Å². The van der Waals surface area contributed by atoms with Gasteiger partial charge in [-0.1, -0.05) is 32.0 Å². The largest absolute Gasteiger partial charge is 0.475 e. The van der Waals surface area contributed by atoms with Gasteiger partial charge in [-0.25, -0.2) is 40.0 Å². The first kappa shape index (κ1) is 42.9. The second kappa shape index (κ2) is 16.6. The van der Waals surface area contributed by atoms with Gasteiger partial charge in [0, 0.05) is 11.5 Å². The molecule has 8 heterocycles. The summed E-state index contributed by atoms with van der Waals surface area (Å²) in [4.78, 5) is 76.4. The quantitative estimate of drug-likeness (QED) is 0.0938. The van der Waals surface area contributed by atoms with E-state index in [1.165, 1.54) is 17.2 Å². The van der Waals surface area contributed by atoms with Gasteiger partial charge in [0.15, 0.2) is 46.8 Å². The number of phosphoric ester groups is 2. The van der Waals surface area contributed by atoms with E-state index in [1.54, 1.807) is 44.2 Å². The molecular formula is C35H36FN11O14P2. The Kier molecular flexibility index (Phi) is 11.3. The van der Waals surface area contributed by atoms with Crippen LogP contribution < -0.4 is 16.2 Å². The van der Waals surface area contributed by atoms with E-state index < -0.39 is 107 Å². The predicted octanol–water partition coefficient (Wildman–Crippen LogP) is 2.67. The summed E-state index contributed by atoms with van der Waals surface area (Å²) in [7, 11) is -10.2. The molecule has 5 aromatic rings. The van der Waals surface area contributed by atoms with E-state index in [-0.39, 0.29) is 47.2 Å². The highest BCUT2D eigenvalue weighted by Crippen LogP contribution is 2.60. The second-order valence-corrected chi connectivity index (χ2v) is 17.9. The fourth-order valence-electron chi connectivity index (χ4n) is 7.35. The molecule has 0 spiro atoms. The minimum absolute atomic E-state index is 0.0624. The van der Waals surface area contributed by atoms with Crippen LogP contribution in [0.3, 0.4) is 0 Å². The number of H-pyrrole nitrogens is 1. The summed E-state index contributed by atoms with van der Waals surface area (Å²) in [5.74, 6) is -1.67. The number of carbonyl (C=O) groups excluding carboxylic acids is 2. The Bertz CT molecular complexity index is 2790. The topological polar surface area (TPSA) is 298 Å². The SMILES string of the molecule is [C-]#[N+]CCOP1(=O)OC[C@H]2O[C@@H](n3cnc4c(=O)[nH]c(NC(=O)C(C)C)nc43)[C@H](OP(=O)(O)OC[C@@]34CO[C@@H]([C@H](n5cnc6c(NC(=O)c7ccccc7)ncnc65)O3)[C@@H]4O1)[C@@H]2F. The van der Waals surface area contributed by atoms with E-state index in [2.05, 4.69) is 45.4 Å². The van der Waals surface area contributed by atoms with Gasteiger partial charge in [-0.15, -0.1) is 0 Å². The summed E-state index contributed by atoms with van der Waals surface area (Å²) in [6.07, 6.45) is -8.06. The molecule has 2 unspecified atom stereocenters. The van der Waals surface area contributed by atoms with Crippen LogP contribution in [0.5, 0.6) is 0 Å². The number of hydrogen-bond acceptors (Lipinski definition) is 18. The molecule has 4 bridgehead atoms. The predicted molar refractivity (Wildman–Crippen MR) is 209 cm³/mol. The molecule has 10 atom stereocenters. The maximum Gasteiger partial charge on any atom is 0.475 e. The lowest BCUT2D eigenvalue weighted by Gasteiger charge is -2.32. The number of fused-ring (bicyclic) bond motifs is 4. The minimum atomic E-state index is -5.33. The highest BCUT2D eigenvalue weighted by Gasteiger charge is 2.66. The van der Waals surface area contributed by atoms with E-state index in [0.717, 1.165) is 10.9 Å². The molecule has 4 N–H and O–H groups in total. The lowest BCUT2D eigenvalue weighted by atomic mass is 10.0. The first-order valence-electron chi connectivity index (χ1n) is 19.2. The number of aromatic nitrogens is 8. The smallest absolute Gasteiger partial charge is 0.367 e. The first-order chi connectivity index (χ1) is 30.2. The van der Waals surface area contributed by atoms with Crippen molar-refractivity contribution in [2.45, 2.75) is 62.5 Å². The lowest BCUT2D eigenvalue weighted by Crippen LogP contribution is -2.46. The molecule has 0 aliphatic carbocycles. The molecule has 0 saturated carbocycles. The Morgan fingerprint density at radius 1 is 1.03 bits per heavy atom. The Morgan fingerprint density at radius 2 is 1.79 bits per heavy atom. The summed E-state index contributed by atoms with van der Waals surface area (Å²) >= 11 is 0. The third-order valence-corrected chi connectivity index (χ3v) is 12.8. The molecule has 4 fully saturated rings. The number of nitrogens with zero attached hydrogens (tertiary/aromatic N) is 8. The van der Waals surface area contributed by atoms with Gasteiger partial charge in [0.25, 0.3) is 11.5 Å². The van der Waals surface area contributed by atoms with Crippen LogP contribution in [0.15, 0.2) is 54.1 Å². The molecule has 63 heavy (non-hydrogen) atoms. The third-order valence-electron chi connectivity index (χ3n) is 10.4. The van der Waals surface area contributed by atoms with Crippen LogP contribution in [-0.4, -0.2) is 125 Å². The van der Waals surface area contributed by atoms with Crippen molar-refractivity contribution in [1.82, 2.24) is 39.0 Å². The summed E-state index contributed by atoms with van der Waals surface area (Å²) in [5.41, 5.74) is -2.50. The van der Waals surface area contributed by atoms with E-state index in [0.29, 0.717) is 5.56 Å². The zero-order valence-electron chi connectivity index (χ0n) is 32.9. The fraction of sp³-hybridized carbons (Fsp3) is 0.457. The number of rotatable bonds is 9. The van der Waals surface area contributed by atoms with Crippen molar-refractivity contribution in [3.63, 3.8) is 0 Å². The molecule has 4 aromatic heterocycles. The van der Waals surface area contributed by atoms with Crippen molar-refractivity contribution < 1.29 is 64.8 Å². The van der Waals surface area contributed by atoms with E-state index >= 15 is 4.39 Å². The van der Waals surface area contributed by atoms with Crippen molar-refractivity contribution in [3.8, 4) is 0 Å². The van der Waals surface area contributed by atoms with Crippen LogP contribution in [0.1, 0.15) is 36.7 Å². The Balaban J connectivity index is 1.04. The van der Waals surface area contributed by atoms with Crippen molar-refractivity contribution in [3.05, 3.63) is 76.6 Å². The average Bonchev–Trinajstić information content (AvgIpc) is 4.08. The van der Waals surface area contributed by atoms with Crippen molar-refractivity contribution in [2.75, 3.05) is 43.6 Å². The van der Waals surface area contributed by atoms with E-state index in [9.17, 15) is 28.4 Å². The number of anilines is 2. The Hall–Kier alpha value is -5.42. The summed E-state index contributed by atoms with van der Waals surface area (Å²) in [6.45, 7) is 7.57. The summed E-state index contributed by atoms with van der Waals surface area (Å²) in [5, 5.41) is 5.17. The van der Waals surface area contributed by atoms with Crippen LogP contribution in [0.4, 0.5) is 16.2 Å². The molecule has 28 heteroatoms. The molecule has 0 radical (unpaired) electrons. The van der Waals surface area contributed by atoms with E-state index in [4.69, 9.17) is 43.4 Å². The van der Waals surface area contributed by atoms with Crippen LogP contribution >= 0.6 is 15.6 Å². The van der Waals surface area contributed by atoms with Crippen molar-refractivity contribution in [2.24, 2.45) is 5.92 Å². The molecule has 1 aromatic carbocycles. The van der Waals surface area contributed by atoms with Crippen LogP contribution in [-0.2, 0) is 50.8 Å². The number of halogens is 1. The molecule has 332 valence electrons. The average molecular weight is 916 g/mol. The van der Waals surface area contributed by atoms with Gasteiger partial charge in [0.2, 0.25) is 18.4 Å². The number of ether oxygens (including phenoxy) is 3. The number of benzene rings is 1.